The summed E-state index contributed by atoms with van der Waals surface area (Å²) in [6.45, 7) is 1.94. The molecule has 0 radical (unpaired) electrons. The van der Waals surface area contributed by atoms with E-state index in [0.29, 0.717) is 11.6 Å². The van der Waals surface area contributed by atoms with E-state index in [2.05, 4.69) is 20.5 Å². The second kappa shape index (κ2) is 6.19. The number of fused-ring (bicyclic) bond motifs is 2. The zero-order valence-electron chi connectivity index (χ0n) is 15.1. The van der Waals surface area contributed by atoms with Gasteiger partial charge in [-0.1, -0.05) is 12.8 Å². The highest BCUT2D eigenvalue weighted by Crippen LogP contribution is 2.31. The molecule has 136 valence electrons. The first-order valence-electron chi connectivity index (χ1n) is 9.28. The number of H-pyrrole nitrogens is 1. The van der Waals surface area contributed by atoms with E-state index in [0.717, 1.165) is 53.2 Å². The summed E-state index contributed by atoms with van der Waals surface area (Å²) in [6, 6.07) is 7.83. The molecule has 7 heteroatoms. The number of rotatable bonds is 3. The molecular formula is C20H20N6O. The summed E-state index contributed by atoms with van der Waals surface area (Å²) >= 11 is 0. The molecular weight excluding hydrogens is 340 g/mol. The highest BCUT2D eigenvalue weighted by molar-refractivity contribution is 5.83. The van der Waals surface area contributed by atoms with Gasteiger partial charge in [-0.25, -0.2) is 4.98 Å². The number of aromatic nitrogens is 5. The van der Waals surface area contributed by atoms with Gasteiger partial charge in [-0.2, -0.15) is 10.1 Å². The summed E-state index contributed by atoms with van der Waals surface area (Å²) in [5.74, 6) is 0.488. The molecule has 2 N–H and O–H groups in total. The Bertz CT molecular complexity index is 1200. The fourth-order valence-electron chi connectivity index (χ4n) is 4.00. The molecule has 0 amide bonds. The third kappa shape index (κ3) is 2.75. The van der Waals surface area contributed by atoms with Crippen LogP contribution in [0, 0.1) is 6.92 Å². The van der Waals surface area contributed by atoms with Gasteiger partial charge in [-0.3, -0.25) is 14.5 Å². The molecule has 27 heavy (non-hydrogen) atoms. The predicted molar refractivity (Wildman–Crippen MR) is 105 cm³/mol. The molecule has 1 aliphatic rings. The number of pyridine rings is 1. The molecule has 3 aromatic heterocycles. The van der Waals surface area contributed by atoms with E-state index in [1.807, 2.05) is 29.7 Å². The highest BCUT2D eigenvalue weighted by Gasteiger charge is 2.21. The highest BCUT2D eigenvalue weighted by atomic mass is 16.1. The van der Waals surface area contributed by atoms with Crippen LogP contribution in [0.25, 0.3) is 21.9 Å². The third-order valence-electron chi connectivity index (χ3n) is 5.39. The monoisotopic (exact) mass is 360 g/mol. The topological polar surface area (TPSA) is 88.5 Å². The standard InChI is InChI=1S/C20H20N6O/c1-12-8-18(27)26(15-4-2-3-5-15)19-16(12)11-21-20(24-19)23-14-6-7-17-13(9-14)10-22-25-17/h6-11,15H,2-5H2,1H3,(H,22,25)(H,21,23,24). The second-order valence-electron chi connectivity index (χ2n) is 7.20. The lowest BCUT2D eigenvalue weighted by Crippen LogP contribution is -2.24. The van der Waals surface area contributed by atoms with Crippen molar-refractivity contribution in [1.82, 2.24) is 24.7 Å². The van der Waals surface area contributed by atoms with Gasteiger partial charge in [-0.05, 0) is 43.5 Å². The van der Waals surface area contributed by atoms with Crippen molar-refractivity contribution < 1.29 is 0 Å². The molecule has 0 spiro atoms. The SMILES string of the molecule is Cc1cc(=O)n(C2CCCC2)c2nc(Nc3ccc4[nH]ncc4c3)ncc12. The maximum atomic E-state index is 12.7. The first-order valence-corrected chi connectivity index (χ1v) is 9.28. The van der Waals surface area contributed by atoms with E-state index in [-0.39, 0.29) is 11.6 Å². The van der Waals surface area contributed by atoms with Crippen LogP contribution < -0.4 is 10.9 Å². The van der Waals surface area contributed by atoms with Gasteiger partial charge in [0.05, 0.1) is 11.7 Å². The van der Waals surface area contributed by atoms with Gasteiger partial charge >= 0.3 is 0 Å². The lowest BCUT2D eigenvalue weighted by Gasteiger charge is -2.17. The fraction of sp³-hybridized carbons (Fsp3) is 0.300. The van der Waals surface area contributed by atoms with E-state index < -0.39 is 0 Å². The molecule has 7 nitrogen and oxygen atoms in total. The summed E-state index contributed by atoms with van der Waals surface area (Å²) in [7, 11) is 0. The largest absolute Gasteiger partial charge is 0.324 e. The molecule has 1 aromatic carbocycles. The van der Waals surface area contributed by atoms with Gasteiger partial charge < -0.3 is 5.32 Å². The number of anilines is 2. The molecule has 3 heterocycles. The number of hydrogen-bond acceptors (Lipinski definition) is 5. The molecule has 1 aliphatic carbocycles. The molecule has 0 atom stereocenters. The number of aromatic amines is 1. The van der Waals surface area contributed by atoms with Crippen LogP contribution >= 0.6 is 0 Å². The van der Waals surface area contributed by atoms with Crippen LogP contribution in [0.15, 0.2) is 41.5 Å². The Kier molecular flexibility index (Phi) is 3.67. The maximum absolute atomic E-state index is 12.7. The Morgan fingerprint density at radius 1 is 1.19 bits per heavy atom. The molecule has 0 unspecified atom stereocenters. The summed E-state index contributed by atoms with van der Waals surface area (Å²) in [6.07, 6.45) is 7.97. The third-order valence-corrected chi connectivity index (χ3v) is 5.39. The number of benzene rings is 1. The van der Waals surface area contributed by atoms with Crippen molar-refractivity contribution in [2.75, 3.05) is 5.32 Å². The van der Waals surface area contributed by atoms with E-state index in [9.17, 15) is 4.79 Å². The Balaban J connectivity index is 1.60. The number of aryl methyl sites for hydroxylation is 1. The average molecular weight is 360 g/mol. The van der Waals surface area contributed by atoms with Crippen LogP contribution in [0.1, 0.15) is 37.3 Å². The predicted octanol–water partition coefficient (Wildman–Crippen LogP) is 3.83. The minimum absolute atomic E-state index is 0.0244. The Morgan fingerprint density at radius 2 is 2.04 bits per heavy atom. The Hall–Kier alpha value is -3.22. The summed E-state index contributed by atoms with van der Waals surface area (Å²) in [4.78, 5) is 21.9. The van der Waals surface area contributed by atoms with E-state index in [4.69, 9.17) is 4.98 Å². The van der Waals surface area contributed by atoms with Crippen LogP contribution in [-0.2, 0) is 0 Å². The van der Waals surface area contributed by atoms with Gasteiger partial charge in [0.15, 0.2) is 0 Å². The zero-order valence-corrected chi connectivity index (χ0v) is 15.1. The minimum atomic E-state index is 0.0244. The molecule has 5 rings (SSSR count). The van der Waals surface area contributed by atoms with Crippen LogP contribution in [0.4, 0.5) is 11.6 Å². The van der Waals surface area contributed by atoms with Crippen molar-refractivity contribution in [3.63, 3.8) is 0 Å². The van der Waals surface area contributed by atoms with E-state index >= 15 is 0 Å². The molecule has 1 saturated carbocycles. The summed E-state index contributed by atoms with van der Waals surface area (Å²) in [5.41, 5.74) is 3.51. The lowest BCUT2D eigenvalue weighted by atomic mass is 10.1. The van der Waals surface area contributed by atoms with Crippen LogP contribution in [-0.4, -0.2) is 24.7 Å². The van der Waals surface area contributed by atoms with E-state index in [1.165, 1.54) is 0 Å². The normalized spacial score (nSPS) is 15.0. The van der Waals surface area contributed by atoms with Gasteiger partial charge in [0, 0.05) is 34.8 Å². The molecule has 1 fully saturated rings. The van der Waals surface area contributed by atoms with Crippen molar-refractivity contribution in [1.29, 1.82) is 0 Å². The van der Waals surface area contributed by atoms with Crippen molar-refractivity contribution in [3.8, 4) is 0 Å². The first-order chi connectivity index (χ1) is 13.2. The summed E-state index contributed by atoms with van der Waals surface area (Å²) < 4.78 is 1.86. The smallest absolute Gasteiger partial charge is 0.252 e. The molecule has 4 aromatic rings. The number of nitrogens with one attached hydrogen (secondary N) is 2. The average Bonchev–Trinajstić information content (AvgIpc) is 3.33. The molecule has 0 saturated heterocycles. The van der Waals surface area contributed by atoms with Crippen molar-refractivity contribution >= 4 is 33.6 Å². The quantitative estimate of drug-likeness (QED) is 0.579. The van der Waals surface area contributed by atoms with Crippen molar-refractivity contribution in [2.24, 2.45) is 0 Å². The lowest BCUT2D eigenvalue weighted by molar-refractivity contribution is 0.515. The van der Waals surface area contributed by atoms with E-state index in [1.54, 1.807) is 18.5 Å². The minimum Gasteiger partial charge on any atom is -0.324 e. The van der Waals surface area contributed by atoms with Crippen LogP contribution in [0.3, 0.4) is 0 Å². The number of hydrogen-bond donors (Lipinski definition) is 2. The first kappa shape index (κ1) is 16.0. The van der Waals surface area contributed by atoms with Crippen LogP contribution in [0.2, 0.25) is 0 Å². The van der Waals surface area contributed by atoms with Gasteiger partial charge in [0.2, 0.25) is 5.95 Å². The Morgan fingerprint density at radius 3 is 2.89 bits per heavy atom. The fourth-order valence-corrected chi connectivity index (χ4v) is 4.00. The summed E-state index contributed by atoms with van der Waals surface area (Å²) in [5, 5.41) is 12.2. The van der Waals surface area contributed by atoms with Gasteiger partial charge in [0.25, 0.3) is 5.56 Å². The molecule has 0 aliphatic heterocycles. The van der Waals surface area contributed by atoms with Gasteiger partial charge in [0.1, 0.15) is 5.65 Å². The second-order valence-corrected chi connectivity index (χ2v) is 7.20. The maximum Gasteiger partial charge on any atom is 0.252 e. The number of nitrogens with zero attached hydrogens (tertiary/aromatic N) is 4. The Labute approximate surface area is 155 Å². The van der Waals surface area contributed by atoms with Gasteiger partial charge in [-0.15, -0.1) is 0 Å². The molecule has 0 bridgehead atoms. The van der Waals surface area contributed by atoms with Crippen molar-refractivity contribution in [2.45, 2.75) is 38.6 Å². The zero-order chi connectivity index (χ0) is 18.4. The van der Waals surface area contributed by atoms with Crippen molar-refractivity contribution in [3.05, 3.63) is 52.6 Å². The van der Waals surface area contributed by atoms with Crippen LogP contribution in [0.5, 0.6) is 0 Å².